The van der Waals surface area contributed by atoms with Gasteiger partial charge in [0.15, 0.2) is 6.54 Å². The minimum atomic E-state index is -0.811. The Kier molecular flexibility index (Phi) is 5.14. The predicted molar refractivity (Wildman–Crippen MR) is 42.6 cm³/mol. The molecule has 0 saturated carbocycles. The zero-order valence-electron chi connectivity index (χ0n) is 7.48. The molecule has 4 nitrogen and oxygen atoms in total. The molecule has 0 saturated heterocycles. The number of aliphatic carboxylic acids is 1. The molecule has 1 aromatic heterocycles. The van der Waals surface area contributed by atoms with Crippen molar-refractivity contribution in [2.45, 2.75) is 26.4 Å². The molecule has 0 aliphatic rings. The van der Waals surface area contributed by atoms with E-state index in [0.717, 1.165) is 13.0 Å². The number of halogens is 1. The van der Waals surface area contributed by atoms with E-state index in [4.69, 9.17) is 5.11 Å². The van der Waals surface area contributed by atoms with Crippen LogP contribution in [0.5, 0.6) is 0 Å². The number of aryl methyl sites for hydroxylation is 1. The fourth-order valence-electron chi connectivity index (χ4n) is 1.08. The number of carbonyl (C=O) groups is 1. The first-order valence-corrected chi connectivity index (χ1v) is 3.99. The van der Waals surface area contributed by atoms with Crippen LogP contribution >= 0.6 is 0 Å². The number of nitrogens with zero attached hydrogens (tertiary/aromatic N) is 2. The Labute approximate surface area is 83.2 Å². The maximum atomic E-state index is 10.3. The van der Waals surface area contributed by atoms with E-state index in [9.17, 15) is 4.79 Å². The maximum absolute atomic E-state index is 10.3. The quantitative estimate of drug-likeness (QED) is 0.542. The van der Waals surface area contributed by atoms with Crippen molar-refractivity contribution < 1.29 is 26.9 Å². The second kappa shape index (κ2) is 5.59. The number of hydrogen-bond donors (Lipinski definition) is 1. The third kappa shape index (κ3) is 3.94. The minimum absolute atomic E-state index is 0. The SMILES string of the molecule is CCCn1cc[n+](CC(=O)O)c1.[Cl-]. The van der Waals surface area contributed by atoms with E-state index in [1.165, 1.54) is 0 Å². The first kappa shape index (κ1) is 12.0. The average Bonchev–Trinajstić information content (AvgIpc) is 2.36. The van der Waals surface area contributed by atoms with Gasteiger partial charge in [-0.3, -0.25) is 0 Å². The number of carboxylic acids is 1. The Balaban J connectivity index is 0.00000144. The zero-order valence-corrected chi connectivity index (χ0v) is 8.24. The van der Waals surface area contributed by atoms with Gasteiger partial charge >= 0.3 is 5.97 Å². The van der Waals surface area contributed by atoms with Gasteiger partial charge in [0.1, 0.15) is 12.4 Å². The molecule has 0 aliphatic heterocycles. The first-order chi connectivity index (χ1) is 5.72. The van der Waals surface area contributed by atoms with Gasteiger partial charge in [0.2, 0.25) is 6.33 Å². The number of imidazole rings is 1. The van der Waals surface area contributed by atoms with Crippen molar-refractivity contribution >= 4 is 5.97 Å². The van der Waals surface area contributed by atoms with Crippen molar-refractivity contribution in [3.05, 3.63) is 18.7 Å². The number of aromatic nitrogens is 2. The Morgan fingerprint density at radius 1 is 1.62 bits per heavy atom. The zero-order chi connectivity index (χ0) is 8.97. The molecule has 5 heteroatoms. The molecule has 1 N–H and O–H groups in total. The van der Waals surface area contributed by atoms with Crippen LogP contribution in [0.4, 0.5) is 0 Å². The molecule has 0 amide bonds. The van der Waals surface area contributed by atoms with Crippen molar-refractivity contribution in [1.29, 1.82) is 0 Å². The highest BCUT2D eigenvalue weighted by Crippen LogP contribution is 1.87. The molecule has 1 heterocycles. The standard InChI is InChI=1S/C8H12N2O2.ClH/c1-2-3-9-4-5-10(7-9)6-8(11)12;/h4-5,7H,2-3,6H2,1H3;1H. The molecular formula is C8H13ClN2O2. The summed E-state index contributed by atoms with van der Waals surface area (Å²) in [5.74, 6) is -0.811. The van der Waals surface area contributed by atoms with Gasteiger partial charge in [-0.1, -0.05) is 6.92 Å². The molecule has 0 atom stereocenters. The van der Waals surface area contributed by atoms with Crippen molar-refractivity contribution in [2.75, 3.05) is 0 Å². The number of carboxylic acid groups (broad SMARTS) is 1. The topological polar surface area (TPSA) is 46.1 Å². The van der Waals surface area contributed by atoms with Crippen molar-refractivity contribution in [1.82, 2.24) is 4.57 Å². The van der Waals surface area contributed by atoms with Crippen LogP contribution in [0.15, 0.2) is 18.7 Å². The van der Waals surface area contributed by atoms with Gasteiger partial charge in [-0.25, -0.2) is 13.9 Å². The Morgan fingerprint density at radius 3 is 2.85 bits per heavy atom. The van der Waals surface area contributed by atoms with E-state index < -0.39 is 5.97 Å². The van der Waals surface area contributed by atoms with Crippen LogP contribution in [-0.4, -0.2) is 15.6 Å². The van der Waals surface area contributed by atoms with Gasteiger partial charge in [-0.05, 0) is 6.42 Å². The third-order valence-electron chi connectivity index (χ3n) is 1.55. The first-order valence-electron chi connectivity index (χ1n) is 3.99. The normalized spacial score (nSPS) is 9.31. The van der Waals surface area contributed by atoms with Crippen LogP contribution in [-0.2, 0) is 17.9 Å². The van der Waals surface area contributed by atoms with Crippen LogP contribution < -0.4 is 17.0 Å². The van der Waals surface area contributed by atoms with Gasteiger partial charge < -0.3 is 17.5 Å². The summed E-state index contributed by atoms with van der Waals surface area (Å²) in [6.45, 7) is 3.06. The van der Waals surface area contributed by atoms with E-state index in [1.54, 1.807) is 17.1 Å². The highest BCUT2D eigenvalue weighted by molar-refractivity contribution is 5.64. The van der Waals surface area contributed by atoms with Crippen molar-refractivity contribution in [2.24, 2.45) is 0 Å². The second-order valence-electron chi connectivity index (χ2n) is 2.72. The summed E-state index contributed by atoms with van der Waals surface area (Å²) in [6.07, 6.45) is 6.51. The summed E-state index contributed by atoms with van der Waals surface area (Å²) in [5.41, 5.74) is 0. The number of hydrogen-bond acceptors (Lipinski definition) is 1. The lowest BCUT2D eigenvalue weighted by Gasteiger charge is -1.89. The van der Waals surface area contributed by atoms with Crippen LogP contribution in [0.1, 0.15) is 13.3 Å². The van der Waals surface area contributed by atoms with Crippen molar-refractivity contribution in [3.8, 4) is 0 Å². The van der Waals surface area contributed by atoms with E-state index in [2.05, 4.69) is 6.92 Å². The third-order valence-corrected chi connectivity index (χ3v) is 1.55. The Hall–Kier alpha value is -1.03. The largest absolute Gasteiger partial charge is 1.00 e. The Bertz CT molecular complexity index is 273. The summed E-state index contributed by atoms with van der Waals surface area (Å²) in [4.78, 5) is 10.3. The fourth-order valence-corrected chi connectivity index (χ4v) is 1.08. The fraction of sp³-hybridized carbons (Fsp3) is 0.500. The van der Waals surface area contributed by atoms with Crippen LogP contribution in [0, 0.1) is 0 Å². The van der Waals surface area contributed by atoms with Gasteiger partial charge in [0.05, 0.1) is 6.54 Å². The molecule has 0 bridgehead atoms. The molecule has 0 unspecified atom stereocenters. The average molecular weight is 205 g/mol. The summed E-state index contributed by atoms with van der Waals surface area (Å²) in [6, 6.07) is 0. The summed E-state index contributed by atoms with van der Waals surface area (Å²) in [5, 5.41) is 8.48. The molecule has 0 fully saturated rings. The van der Waals surface area contributed by atoms with Crippen LogP contribution in [0.2, 0.25) is 0 Å². The lowest BCUT2D eigenvalue weighted by molar-refractivity contribution is -0.685. The lowest BCUT2D eigenvalue weighted by Crippen LogP contribution is -3.00. The highest BCUT2D eigenvalue weighted by atomic mass is 35.5. The molecule has 1 rings (SSSR count). The van der Waals surface area contributed by atoms with E-state index in [1.807, 2.05) is 10.8 Å². The second-order valence-corrected chi connectivity index (χ2v) is 2.72. The molecule has 0 aromatic carbocycles. The molecule has 1 aromatic rings. The van der Waals surface area contributed by atoms with Gasteiger partial charge in [0.25, 0.3) is 0 Å². The van der Waals surface area contributed by atoms with E-state index in [-0.39, 0.29) is 19.0 Å². The smallest absolute Gasteiger partial charge is 0.346 e. The highest BCUT2D eigenvalue weighted by Gasteiger charge is 2.05. The maximum Gasteiger partial charge on any atom is 0.346 e. The minimum Gasteiger partial charge on any atom is -1.00 e. The predicted octanol–water partition coefficient (Wildman–Crippen LogP) is -2.73. The summed E-state index contributed by atoms with van der Waals surface area (Å²) in [7, 11) is 0. The number of rotatable bonds is 4. The van der Waals surface area contributed by atoms with Crippen LogP contribution in [0.3, 0.4) is 0 Å². The molecule has 0 radical (unpaired) electrons. The molecule has 0 spiro atoms. The lowest BCUT2D eigenvalue weighted by atomic mass is 10.5. The van der Waals surface area contributed by atoms with Crippen LogP contribution in [0.25, 0.3) is 0 Å². The van der Waals surface area contributed by atoms with Gasteiger partial charge in [0, 0.05) is 0 Å². The molecular weight excluding hydrogens is 192 g/mol. The van der Waals surface area contributed by atoms with Gasteiger partial charge in [-0.15, -0.1) is 0 Å². The van der Waals surface area contributed by atoms with E-state index in [0.29, 0.717) is 0 Å². The Morgan fingerprint density at radius 2 is 2.31 bits per heavy atom. The summed E-state index contributed by atoms with van der Waals surface area (Å²) >= 11 is 0. The monoisotopic (exact) mass is 204 g/mol. The van der Waals surface area contributed by atoms with Crippen molar-refractivity contribution in [3.63, 3.8) is 0 Å². The summed E-state index contributed by atoms with van der Waals surface area (Å²) < 4.78 is 3.63. The molecule has 13 heavy (non-hydrogen) atoms. The molecule has 0 aliphatic carbocycles. The molecule has 74 valence electrons. The van der Waals surface area contributed by atoms with E-state index >= 15 is 0 Å². The van der Waals surface area contributed by atoms with Gasteiger partial charge in [-0.2, -0.15) is 0 Å².